The van der Waals surface area contributed by atoms with E-state index >= 15 is 0 Å². The Morgan fingerprint density at radius 3 is 1.36 bits per heavy atom. The third-order valence-corrected chi connectivity index (χ3v) is 4.50. The van der Waals surface area contributed by atoms with E-state index in [4.69, 9.17) is 14.2 Å². The van der Waals surface area contributed by atoms with Gasteiger partial charge in [-0.15, -0.1) is 0 Å². The van der Waals surface area contributed by atoms with Crippen LogP contribution in [0, 0.1) is 41.5 Å². The van der Waals surface area contributed by atoms with Gasteiger partial charge in [0.05, 0.1) is 13.2 Å². The van der Waals surface area contributed by atoms with E-state index in [1.807, 2.05) is 0 Å². The Morgan fingerprint density at radius 2 is 0.960 bits per heavy atom. The number of benzene rings is 2. The topological polar surface area (TPSA) is 27.7 Å². The largest absolute Gasteiger partial charge is 0.491 e. The van der Waals surface area contributed by atoms with Gasteiger partial charge in [0.2, 0.25) is 0 Å². The Morgan fingerprint density at radius 1 is 0.560 bits per heavy atom. The van der Waals surface area contributed by atoms with Gasteiger partial charge in [-0.2, -0.15) is 0 Å². The quantitative estimate of drug-likeness (QED) is 0.631. The van der Waals surface area contributed by atoms with E-state index in [1.54, 1.807) is 0 Å². The molecule has 0 saturated heterocycles. The van der Waals surface area contributed by atoms with Gasteiger partial charge < -0.3 is 14.2 Å². The van der Waals surface area contributed by atoms with Gasteiger partial charge in [-0.3, -0.25) is 0 Å². The summed E-state index contributed by atoms with van der Waals surface area (Å²) in [5, 5.41) is 0. The fourth-order valence-electron chi connectivity index (χ4n) is 2.82. The van der Waals surface area contributed by atoms with Gasteiger partial charge in [-0.25, -0.2) is 0 Å². The summed E-state index contributed by atoms with van der Waals surface area (Å²) < 4.78 is 17.3. The molecule has 0 aromatic heterocycles. The SMILES string of the molecule is Cc1cc(C)c(C)c(OCCOCCOc2cc(C)cc(C)c2C)c1. The van der Waals surface area contributed by atoms with E-state index in [-0.39, 0.29) is 0 Å². The molecular formula is C22H30O3. The lowest BCUT2D eigenvalue weighted by atomic mass is 10.1. The molecule has 2 rings (SSSR count). The van der Waals surface area contributed by atoms with Gasteiger partial charge >= 0.3 is 0 Å². The van der Waals surface area contributed by atoms with E-state index in [2.05, 4.69) is 65.8 Å². The van der Waals surface area contributed by atoms with E-state index in [0.717, 1.165) is 11.5 Å². The first-order valence-electron chi connectivity index (χ1n) is 8.87. The zero-order chi connectivity index (χ0) is 18.4. The number of hydrogen-bond acceptors (Lipinski definition) is 3. The Labute approximate surface area is 151 Å². The summed E-state index contributed by atoms with van der Waals surface area (Å²) >= 11 is 0. The molecule has 0 radical (unpaired) electrons. The average Bonchev–Trinajstić information content (AvgIpc) is 2.55. The molecule has 0 aliphatic carbocycles. The third-order valence-electron chi connectivity index (χ3n) is 4.50. The van der Waals surface area contributed by atoms with Gasteiger partial charge in [-0.05, 0) is 87.1 Å². The lowest BCUT2D eigenvalue weighted by Crippen LogP contribution is -2.13. The minimum Gasteiger partial charge on any atom is -0.491 e. The molecule has 0 atom stereocenters. The molecule has 0 heterocycles. The predicted molar refractivity (Wildman–Crippen MR) is 103 cm³/mol. The maximum Gasteiger partial charge on any atom is 0.122 e. The molecule has 2 aromatic carbocycles. The van der Waals surface area contributed by atoms with E-state index < -0.39 is 0 Å². The molecule has 2 aromatic rings. The summed E-state index contributed by atoms with van der Waals surface area (Å²) in [5.41, 5.74) is 7.34. The van der Waals surface area contributed by atoms with Gasteiger partial charge in [0, 0.05) is 0 Å². The fraction of sp³-hybridized carbons (Fsp3) is 0.455. The highest BCUT2D eigenvalue weighted by molar-refractivity contribution is 5.42. The Kier molecular flexibility index (Phi) is 6.89. The smallest absolute Gasteiger partial charge is 0.122 e. The normalized spacial score (nSPS) is 10.8. The van der Waals surface area contributed by atoms with E-state index in [9.17, 15) is 0 Å². The Balaban J connectivity index is 1.69. The van der Waals surface area contributed by atoms with Crippen LogP contribution < -0.4 is 9.47 Å². The maximum absolute atomic E-state index is 5.85. The molecule has 0 unspecified atom stereocenters. The van der Waals surface area contributed by atoms with Crippen LogP contribution in [0.3, 0.4) is 0 Å². The average molecular weight is 342 g/mol. The second kappa shape index (κ2) is 8.91. The minimum absolute atomic E-state index is 0.548. The molecule has 0 bridgehead atoms. The second-order valence-corrected chi connectivity index (χ2v) is 6.72. The zero-order valence-electron chi connectivity index (χ0n) is 16.4. The van der Waals surface area contributed by atoms with Crippen LogP contribution >= 0.6 is 0 Å². The Hall–Kier alpha value is -2.00. The predicted octanol–water partition coefficient (Wildman–Crippen LogP) is 5.01. The van der Waals surface area contributed by atoms with Crippen LogP contribution in [0.1, 0.15) is 33.4 Å². The number of aryl methyl sites for hydroxylation is 4. The lowest BCUT2D eigenvalue weighted by molar-refractivity contribution is 0.0760. The van der Waals surface area contributed by atoms with Gasteiger partial charge in [0.15, 0.2) is 0 Å². The molecule has 0 aliphatic heterocycles. The Bertz CT molecular complexity index is 658. The fourth-order valence-corrected chi connectivity index (χ4v) is 2.82. The van der Waals surface area contributed by atoms with Crippen molar-refractivity contribution in [3.63, 3.8) is 0 Å². The van der Waals surface area contributed by atoms with Crippen LogP contribution in [0.5, 0.6) is 11.5 Å². The molecule has 0 fully saturated rings. The van der Waals surface area contributed by atoms with Crippen molar-refractivity contribution >= 4 is 0 Å². The highest BCUT2D eigenvalue weighted by Gasteiger charge is 2.05. The first-order chi connectivity index (χ1) is 11.9. The number of ether oxygens (including phenoxy) is 3. The molecule has 3 nitrogen and oxygen atoms in total. The van der Waals surface area contributed by atoms with Crippen molar-refractivity contribution in [1.82, 2.24) is 0 Å². The molecule has 136 valence electrons. The van der Waals surface area contributed by atoms with Crippen molar-refractivity contribution in [3.05, 3.63) is 57.6 Å². The first kappa shape index (κ1) is 19.3. The van der Waals surface area contributed by atoms with Crippen LogP contribution in [0.4, 0.5) is 0 Å². The highest BCUT2D eigenvalue weighted by Crippen LogP contribution is 2.24. The highest BCUT2D eigenvalue weighted by atomic mass is 16.5. The minimum atomic E-state index is 0.548. The van der Waals surface area contributed by atoms with Crippen molar-refractivity contribution < 1.29 is 14.2 Å². The zero-order valence-corrected chi connectivity index (χ0v) is 16.4. The van der Waals surface area contributed by atoms with Crippen molar-refractivity contribution in [2.45, 2.75) is 41.5 Å². The van der Waals surface area contributed by atoms with Crippen molar-refractivity contribution in [2.24, 2.45) is 0 Å². The van der Waals surface area contributed by atoms with E-state index in [0.29, 0.717) is 26.4 Å². The van der Waals surface area contributed by atoms with Crippen molar-refractivity contribution in [1.29, 1.82) is 0 Å². The lowest BCUT2D eigenvalue weighted by Gasteiger charge is -2.14. The number of hydrogen-bond donors (Lipinski definition) is 0. The molecule has 0 amide bonds. The van der Waals surface area contributed by atoms with Gasteiger partial charge in [-0.1, -0.05) is 12.1 Å². The van der Waals surface area contributed by atoms with Crippen LogP contribution in [0.2, 0.25) is 0 Å². The first-order valence-corrected chi connectivity index (χ1v) is 8.87. The maximum atomic E-state index is 5.85. The van der Waals surface area contributed by atoms with Gasteiger partial charge in [0.25, 0.3) is 0 Å². The van der Waals surface area contributed by atoms with Crippen LogP contribution in [-0.2, 0) is 4.74 Å². The molecule has 0 aliphatic rings. The summed E-state index contributed by atoms with van der Waals surface area (Å²) in [4.78, 5) is 0. The monoisotopic (exact) mass is 342 g/mol. The van der Waals surface area contributed by atoms with Crippen LogP contribution in [0.15, 0.2) is 24.3 Å². The standard InChI is InChI=1S/C22H30O3/c1-15-11-17(3)19(5)21(13-15)24-9-7-23-8-10-25-22-14-16(2)12-18(4)20(22)6/h11-14H,7-10H2,1-6H3. The van der Waals surface area contributed by atoms with Crippen molar-refractivity contribution in [2.75, 3.05) is 26.4 Å². The summed E-state index contributed by atoms with van der Waals surface area (Å²) in [7, 11) is 0. The molecule has 0 spiro atoms. The molecule has 25 heavy (non-hydrogen) atoms. The summed E-state index contributed by atoms with van der Waals surface area (Å²) in [6, 6.07) is 8.50. The third kappa shape index (κ3) is 5.50. The number of rotatable bonds is 8. The van der Waals surface area contributed by atoms with Crippen molar-refractivity contribution in [3.8, 4) is 11.5 Å². The van der Waals surface area contributed by atoms with E-state index in [1.165, 1.54) is 33.4 Å². The summed E-state index contributed by atoms with van der Waals surface area (Å²) in [5.74, 6) is 1.89. The second-order valence-electron chi connectivity index (χ2n) is 6.72. The van der Waals surface area contributed by atoms with Crippen LogP contribution in [0.25, 0.3) is 0 Å². The van der Waals surface area contributed by atoms with Gasteiger partial charge in [0.1, 0.15) is 24.7 Å². The molecule has 0 N–H and O–H groups in total. The van der Waals surface area contributed by atoms with Crippen LogP contribution in [-0.4, -0.2) is 26.4 Å². The summed E-state index contributed by atoms with van der Waals surface area (Å²) in [6.45, 7) is 14.8. The molecule has 3 heteroatoms. The molecular weight excluding hydrogens is 312 g/mol. The summed E-state index contributed by atoms with van der Waals surface area (Å²) in [6.07, 6.45) is 0. The molecule has 0 saturated carbocycles.